The molecule has 0 saturated carbocycles. The third kappa shape index (κ3) is 3.39. The molecule has 2 aromatic heterocycles. The molecule has 1 atom stereocenters. The number of fused-ring (bicyclic) bond motifs is 1. The Hall–Kier alpha value is -3.25. The van der Waals surface area contributed by atoms with E-state index in [1.807, 2.05) is 61.5 Å². The Morgan fingerprint density at radius 2 is 1.78 bits per heavy atom. The average molecular weight is 375 g/mol. The second-order valence-electron chi connectivity index (χ2n) is 6.26. The van der Waals surface area contributed by atoms with Crippen LogP contribution in [0.2, 0.25) is 0 Å². The lowest BCUT2D eigenvalue weighted by molar-refractivity contribution is 0.0941. The summed E-state index contributed by atoms with van der Waals surface area (Å²) >= 11 is 1.35. The summed E-state index contributed by atoms with van der Waals surface area (Å²) < 4.78 is 1.39. The van der Waals surface area contributed by atoms with Gasteiger partial charge in [-0.3, -0.25) is 14.0 Å². The zero-order chi connectivity index (χ0) is 18.8. The number of nitrogens with one attached hydrogen (secondary N) is 1. The van der Waals surface area contributed by atoms with Gasteiger partial charge in [0.25, 0.3) is 11.5 Å². The molecule has 4 rings (SSSR count). The first-order chi connectivity index (χ1) is 13.1. The van der Waals surface area contributed by atoms with Crippen LogP contribution in [0, 0.1) is 6.92 Å². The largest absolute Gasteiger partial charge is 0.341 e. The number of carbonyl (C=O) groups excluding carboxylic acids is 1. The van der Waals surface area contributed by atoms with Crippen molar-refractivity contribution in [3.8, 4) is 0 Å². The highest BCUT2D eigenvalue weighted by Gasteiger charge is 2.20. The molecule has 2 aromatic carbocycles. The van der Waals surface area contributed by atoms with Gasteiger partial charge in [-0.2, -0.15) is 0 Å². The third-order valence-electron chi connectivity index (χ3n) is 4.41. The lowest BCUT2D eigenvalue weighted by Gasteiger charge is -2.20. The lowest BCUT2D eigenvalue weighted by atomic mass is 9.97. The van der Waals surface area contributed by atoms with Crippen molar-refractivity contribution >= 4 is 22.2 Å². The second-order valence-corrected chi connectivity index (χ2v) is 7.13. The highest BCUT2D eigenvalue weighted by molar-refractivity contribution is 7.15. The van der Waals surface area contributed by atoms with Gasteiger partial charge in [-0.1, -0.05) is 60.2 Å². The molecule has 1 unspecified atom stereocenters. The maximum atomic E-state index is 12.9. The van der Waals surface area contributed by atoms with Gasteiger partial charge in [0, 0.05) is 17.8 Å². The molecule has 0 aliphatic carbocycles. The van der Waals surface area contributed by atoms with Crippen LogP contribution in [0.5, 0.6) is 0 Å². The fraction of sp³-hybridized carbons (Fsp3) is 0.0952. The highest BCUT2D eigenvalue weighted by atomic mass is 32.1. The third-order valence-corrected chi connectivity index (χ3v) is 5.18. The molecule has 0 saturated heterocycles. The van der Waals surface area contributed by atoms with Gasteiger partial charge in [0.1, 0.15) is 5.56 Å². The number of nitrogens with zero attached hydrogens (tertiary/aromatic N) is 2. The van der Waals surface area contributed by atoms with Gasteiger partial charge in [0.2, 0.25) is 0 Å². The molecule has 134 valence electrons. The van der Waals surface area contributed by atoms with E-state index in [0.717, 1.165) is 16.7 Å². The van der Waals surface area contributed by atoms with Crippen molar-refractivity contribution in [3.05, 3.63) is 105 Å². The number of hydrogen-bond donors (Lipinski definition) is 1. The molecule has 2 heterocycles. The maximum absolute atomic E-state index is 12.9. The first-order valence-electron chi connectivity index (χ1n) is 8.51. The first kappa shape index (κ1) is 17.2. The number of aryl methyl sites for hydroxylation is 1. The molecular weight excluding hydrogens is 358 g/mol. The van der Waals surface area contributed by atoms with Crippen LogP contribution in [0.25, 0.3) is 4.96 Å². The van der Waals surface area contributed by atoms with Gasteiger partial charge in [-0.25, -0.2) is 4.98 Å². The minimum absolute atomic E-state index is 0.0268. The van der Waals surface area contributed by atoms with Crippen molar-refractivity contribution in [3.63, 3.8) is 0 Å². The van der Waals surface area contributed by atoms with E-state index in [-0.39, 0.29) is 17.2 Å². The summed E-state index contributed by atoms with van der Waals surface area (Å²) in [5, 5.41) is 4.76. The predicted molar refractivity (Wildman–Crippen MR) is 106 cm³/mol. The van der Waals surface area contributed by atoms with E-state index in [1.54, 1.807) is 11.6 Å². The molecule has 0 aliphatic heterocycles. The maximum Gasteiger partial charge on any atom is 0.271 e. The Morgan fingerprint density at radius 1 is 1.07 bits per heavy atom. The van der Waals surface area contributed by atoms with E-state index in [4.69, 9.17) is 0 Å². The summed E-state index contributed by atoms with van der Waals surface area (Å²) in [7, 11) is 0. The summed E-state index contributed by atoms with van der Waals surface area (Å²) in [5.74, 6) is -0.442. The standard InChI is InChI=1S/C21H17N3O2S/c1-14-7-9-16(10-8-14)18(15-5-3-2-4-6-15)23-19(25)17-13-22-21-24(20(17)26)11-12-27-21/h2-13,18H,1H3,(H,23,25). The van der Waals surface area contributed by atoms with Crippen LogP contribution < -0.4 is 10.9 Å². The van der Waals surface area contributed by atoms with E-state index < -0.39 is 5.91 Å². The quantitative estimate of drug-likeness (QED) is 0.593. The molecular formula is C21H17N3O2S. The normalized spacial score (nSPS) is 12.0. The fourth-order valence-corrected chi connectivity index (χ4v) is 3.63. The highest BCUT2D eigenvalue weighted by Crippen LogP contribution is 2.22. The van der Waals surface area contributed by atoms with E-state index in [2.05, 4.69) is 10.3 Å². The molecule has 1 amide bonds. The Kier molecular flexibility index (Phi) is 4.56. The van der Waals surface area contributed by atoms with E-state index in [9.17, 15) is 9.59 Å². The SMILES string of the molecule is Cc1ccc(C(NC(=O)c2cnc3sccn3c2=O)c2ccccc2)cc1. The Morgan fingerprint density at radius 3 is 2.52 bits per heavy atom. The summed E-state index contributed by atoms with van der Waals surface area (Å²) in [5.41, 5.74) is 2.69. The van der Waals surface area contributed by atoms with Gasteiger partial charge in [-0.05, 0) is 18.1 Å². The van der Waals surface area contributed by atoms with Crippen LogP contribution in [-0.4, -0.2) is 15.3 Å². The van der Waals surface area contributed by atoms with Crippen molar-refractivity contribution in [2.75, 3.05) is 0 Å². The van der Waals surface area contributed by atoms with Crippen LogP contribution in [0.3, 0.4) is 0 Å². The zero-order valence-corrected chi connectivity index (χ0v) is 15.4. The molecule has 0 spiro atoms. The van der Waals surface area contributed by atoms with Gasteiger partial charge in [0.15, 0.2) is 4.96 Å². The van der Waals surface area contributed by atoms with Gasteiger partial charge >= 0.3 is 0 Å². The van der Waals surface area contributed by atoms with Crippen molar-refractivity contribution in [1.82, 2.24) is 14.7 Å². The average Bonchev–Trinajstić information content (AvgIpc) is 3.17. The molecule has 0 bridgehead atoms. The topological polar surface area (TPSA) is 63.5 Å². The van der Waals surface area contributed by atoms with Gasteiger partial charge in [0.05, 0.1) is 6.04 Å². The molecule has 0 fully saturated rings. The van der Waals surface area contributed by atoms with Crippen LogP contribution in [0.4, 0.5) is 0 Å². The minimum Gasteiger partial charge on any atom is -0.341 e. The van der Waals surface area contributed by atoms with Crippen LogP contribution in [-0.2, 0) is 0 Å². The summed E-state index contributed by atoms with van der Waals surface area (Å²) in [6, 6.07) is 17.3. The number of hydrogen-bond acceptors (Lipinski definition) is 4. The monoisotopic (exact) mass is 375 g/mol. The molecule has 0 aliphatic rings. The molecule has 6 heteroatoms. The van der Waals surface area contributed by atoms with Crippen molar-refractivity contribution in [2.24, 2.45) is 0 Å². The minimum atomic E-state index is -0.442. The predicted octanol–water partition coefficient (Wildman–Crippen LogP) is 3.58. The van der Waals surface area contributed by atoms with Crippen LogP contribution in [0.1, 0.15) is 33.1 Å². The number of rotatable bonds is 4. The Labute approximate surface area is 160 Å². The lowest BCUT2D eigenvalue weighted by Crippen LogP contribution is -2.34. The Balaban J connectivity index is 1.72. The number of carbonyl (C=O) groups is 1. The fourth-order valence-electron chi connectivity index (χ4n) is 2.95. The smallest absolute Gasteiger partial charge is 0.271 e. The first-order valence-corrected chi connectivity index (χ1v) is 9.39. The second kappa shape index (κ2) is 7.17. The molecule has 1 N–H and O–H groups in total. The van der Waals surface area contributed by atoms with Crippen molar-refractivity contribution in [2.45, 2.75) is 13.0 Å². The molecule has 0 radical (unpaired) electrons. The zero-order valence-electron chi connectivity index (χ0n) is 14.6. The number of benzene rings is 2. The van der Waals surface area contributed by atoms with Gasteiger partial charge in [-0.15, -0.1) is 11.3 Å². The van der Waals surface area contributed by atoms with Crippen LogP contribution >= 0.6 is 11.3 Å². The molecule has 4 aromatic rings. The van der Waals surface area contributed by atoms with Gasteiger partial charge < -0.3 is 5.32 Å². The van der Waals surface area contributed by atoms with E-state index in [0.29, 0.717) is 4.96 Å². The van der Waals surface area contributed by atoms with E-state index in [1.165, 1.54) is 21.9 Å². The van der Waals surface area contributed by atoms with Crippen molar-refractivity contribution in [1.29, 1.82) is 0 Å². The van der Waals surface area contributed by atoms with Crippen LogP contribution in [0.15, 0.2) is 77.2 Å². The van der Waals surface area contributed by atoms with Crippen molar-refractivity contribution < 1.29 is 4.79 Å². The Bertz CT molecular complexity index is 1150. The number of amides is 1. The number of thiazole rings is 1. The summed E-state index contributed by atoms with van der Waals surface area (Å²) in [6.45, 7) is 2.02. The van der Waals surface area contributed by atoms with E-state index >= 15 is 0 Å². The number of aromatic nitrogens is 2. The summed E-state index contributed by atoms with van der Waals surface area (Å²) in [4.78, 5) is 30.3. The molecule has 27 heavy (non-hydrogen) atoms. The molecule has 5 nitrogen and oxygen atoms in total. The summed E-state index contributed by atoms with van der Waals surface area (Å²) in [6.07, 6.45) is 2.97.